The van der Waals surface area contributed by atoms with Crippen molar-refractivity contribution in [3.63, 3.8) is 0 Å². The van der Waals surface area contributed by atoms with Crippen molar-refractivity contribution in [2.45, 2.75) is 31.4 Å². The molecule has 7 heteroatoms. The molecule has 1 spiro atoms. The van der Waals surface area contributed by atoms with Gasteiger partial charge in [0.1, 0.15) is 10.5 Å². The van der Waals surface area contributed by atoms with Crippen LogP contribution in [0.25, 0.3) is 0 Å². The summed E-state index contributed by atoms with van der Waals surface area (Å²) in [4.78, 5) is 27.2. The lowest BCUT2D eigenvalue weighted by Gasteiger charge is -2.43. The molecule has 0 bridgehead atoms. The number of nitrogens with one attached hydrogen (secondary N) is 1. The van der Waals surface area contributed by atoms with E-state index in [9.17, 15) is 14.7 Å². The van der Waals surface area contributed by atoms with Gasteiger partial charge < -0.3 is 15.2 Å². The van der Waals surface area contributed by atoms with Gasteiger partial charge in [-0.15, -0.1) is 11.3 Å². The number of thiophene rings is 1. The summed E-state index contributed by atoms with van der Waals surface area (Å²) in [5.41, 5.74) is 1.81. The number of benzene rings is 1. The quantitative estimate of drug-likeness (QED) is 0.807. The number of hydrogen-bond acceptors (Lipinski definition) is 5. The van der Waals surface area contributed by atoms with Gasteiger partial charge in [-0.05, 0) is 36.5 Å². The Kier molecular flexibility index (Phi) is 5.48. The smallest absolute Gasteiger partial charge is 0.345 e. The number of amides is 1. The number of rotatable bonds is 5. The fraction of sp³-hybridized carbons (Fsp3) is 0.429. The van der Waals surface area contributed by atoms with E-state index < -0.39 is 5.97 Å². The predicted octanol–water partition coefficient (Wildman–Crippen LogP) is 2.63. The third-order valence-corrected chi connectivity index (χ3v) is 6.90. The minimum Gasteiger partial charge on any atom is -0.477 e. The molecule has 1 amide bonds. The van der Waals surface area contributed by atoms with Gasteiger partial charge in [0, 0.05) is 24.5 Å². The molecule has 1 aromatic heterocycles. The van der Waals surface area contributed by atoms with Crippen LogP contribution in [0.1, 0.15) is 38.5 Å². The van der Waals surface area contributed by atoms with Gasteiger partial charge in [-0.25, -0.2) is 4.79 Å². The molecule has 0 atom stereocenters. The molecule has 6 nitrogen and oxygen atoms in total. The maximum absolute atomic E-state index is 12.3. The molecule has 0 saturated carbocycles. The Morgan fingerprint density at radius 1 is 1.21 bits per heavy atom. The Balaban J connectivity index is 1.34. The first kappa shape index (κ1) is 19.1. The van der Waals surface area contributed by atoms with E-state index in [1.54, 1.807) is 6.07 Å². The Bertz CT molecular complexity index is 857. The highest BCUT2D eigenvalue weighted by Gasteiger charge is 2.42. The summed E-state index contributed by atoms with van der Waals surface area (Å²) < 4.78 is 6.17. The van der Waals surface area contributed by atoms with Crippen molar-refractivity contribution in [1.82, 2.24) is 10.2 Å². The lowest BCUT2D eigenvalue weighted by Crippen LogP contribution is -2.48. The van der Waals surface area contributed by atoms with E-state index in [1.807, 2.05) is 30.3 Å². The van der Waals surface area contributed by atoms with E-state index in [-0.39, 0.29) is 11.5 Å². The third kappa shape index (κ3) is 3.97. The van der Waals surface area contributed by atoms with Crippen LogP contribution in [0.2, 0.25) is 0 Å². The van der Waals surface area contributed by atoms with Crippen LogP contribution >= 0.6 is 11.3 Å². The van der Waals surface area contributed by atoms with Crippen molar-refractivity contribution in [1.29, 1.82) is 0 Å². The molecule has 4 rings (SSSR count). The molecule has 0 unspecified atom stereocenters. The second-order valence-electron chi connectivity index (χ2n) is 7.40. The maximum Gasteiger partial charge on any atom is 0.345 e. The lowest BCUT2D eigenvalue weighted by molar-refractivity contribution is -0.126. The van der Waals surface area contributed by atoms with Crippen LogP contribution in [0, 0.1) is 0 Å². The van der Waals surface area contributed by atoms with Crippen molar-refractivity contribution in [2.75, 3.05) is 26.2 Å². The topological polar surface area (TPSA) is 78.9 Å². The van der Waals surface area contributed by atoms with E-state index in [4.69, 9.17) is 4.74 Å². The number of nitrogens with zero attached hydrogens (tertiary/aromatic N) is 1. The Labute approximate surface area is 168 Å². The summed E-state index contributed by atoms with van der Waals surface area (Å²) in [7, 11) is 0. The molecule has 2 N–H and O–H groups in total. The molecule has 2 aliphatic heterocycles. The molecule has 28 heavy (non-hydrogen) atoms. The van der Waals surface area contributed by atoms with Gasteiger partial charge in [-0.1, -0.05) is 30.3 Å². The standard InChI is InChI=1S/C21H24N2O4S/c24-18(22-13-15-4-2-1-3-5-15)14-23-9-7-21(8-10-23)19-16(6-11-27-21)12-17(28-19)20(25)26/h1-5,12H,6-11,13-14H2,(H,22,24)(H,25,26). The molecule has 1 fully saturated rings. The third-order valence-electron chi connectivity index (χ3n) is 5.55. The monoisotopic (exact) mass is 400 g/mol. The van der Waals surface area contributed by atoms with E-state index in [0.717, 1.165) is 48.4 Å². The van der Waals surface area contributed by atoms with Crippen molar-refractivity contribution in [3.05, 3.63) is 57.3 Å². The highest BCUT2D eigenvalue weighted by atomic mass is 32.1. The largest absolute Gasteiger partial charge is 0.477 e. The highest BCUT2D eigenvalue weighted by Crippen LogP contribution is 2.45. The number of carbonyl (C=O) groups is 2. The molecule has 1 aromatic carbocycles. The van der Waals surface area contributed by atoms with Crippen molar-refractivity contribution in [2.24, 2.45) is 0 Å². The van der Waals surface area contributed by atoms with Crippen molar-refractivity contribution < 1.29 is 19.4 Å². The number of ether oxygens (including phenoxy) is 1. The second kappa shape index (κ2) is 8.03. The zero-order valence-corrected chi connectivity index (χ0v) is 16.5. The van der Waals surface area contributed by atoms with E-state index >= 15 is 0 Å². The molecule has 0 radical (unpaired) electrons. The number of aromatic carboxylic acids is 1. The van der Waals surface area contributed by atoms with E-state index in [1.165, 1.54) is 11.3 Å². The fourth-order valence-electron chi connectivity index (χ4n) is 4.03. The molecule has 2 aliphatic rings. The number of carboxylic acids is 1. The summed E-state index contributed by atoms with van der Waals surface area (Å²) in [6.45, 7) is 3.06. The maximum atomic E-state index is 12.3. The van der Waals surface area contributed by atoms with E-state index in [0.29, 0.717) is 24.6 Å². The molecule has 148 valence electrons. The van der Waals surface area contributed by atoms with Gasteiger partial charge >= 0.3 is 5.97 Å². The Morgan fingerprint density at radius 3 is 2.68 bits per heavy atom. The zero-order valence-electron chi connectivity index (χ0n) is 15.6. The average Bonchev–Trinajstić information content (AvgIpc) is 3.16. The minimum absolute atomic E-state index is 0.0225. The number of likely N-dealkylation sites (tertiary alicyclic amines) is 1. The van der Waals surface area contributed by atoms with Crippen LogP contribution in [-0.2, 0) is 28.1 Å². The molecule has 0 aliphatic carbocycles. The summed E-state index contributed by atoms with van der Waals surface area (Å²) in [6, 6.07) is 11.7. The van der Waals surface area contributed by atoms with Crippen molar-refractivity contribution in [3.8, 4) is 0 Å². The molecular formula is C21H24N2O4S. The van der Waals surface area contributed by atoms with Gasteiger partial charge in [0.05, 0.1) is 13.2 Å². The first-order chi connectivity index (χ1) is 13.6. The SMILES string of the molecule is O=C(CN1CCC2(CC1)OCCc1cc(C(=O)O)sc12)NCc1ccccc1. The van der Waals surface area contributed by atoms with Crippen LogP contribution in [0.4, 0.5) is 0 Å². The summed E-state index contributed by atoms with van der Waals surface area (Å²) in [5.74, 6) is -0.851. The van der Waals surface area contributed by atoms with Crippen LogP contribution in [0.3, 0.4) is 0 Å². The molecular weight excluding hydrogens is 376 g/mol. The summed E-state index contributed by atoms with van der Waals surface area (Å²) >= 11 is 1.35. The first-order valence-electron chi connectivity index (χ1n) is 9.59. The minimum atomic E-state index is -0.873. The molecule has 1 saturated heterocycles. The van der Waals surface area contributed by atoms with Crippen LogP contribution < -0.4 is 5.32 Å². The zero-order chi connectivity index (χ0) is 19.6. The number of carbonyl (C=O) groups excluding carboxylic acids is 1. The van der Waals surface area contributed by atoms with Gasteiger partial charge in [-0.3, -0.25) is 9.69 Å². The number of hydrogen-bond donors (Lipinski definition) is 2. The average molecular weight is 401 g/mol. The number of piperidine rings is 1. The van der Waals surface area contributed by atoms with Crippen molar-refractivity contribution >= 4 is 23.2 Å². The summed E-state index contributed by atoms with van der Waals surface area (Å²) in [5, 5.41) is 12.3. The summed E-state index contributed by atoms with van der Waals surface area (Å²) in [6.07, 6.45) is 2.34. The normalized spacial score (nSPS) is 18.6. The predicted molar refractivity (Wildman–Crippen MR) is 107 cm³/mol. The molecule has 2 aromatic rings. The number of fused-ring (bicyclic) bond motifs is 2. The van der Waals surface area contributed by atoms with Gasteiger partial charge in [-0.2, -0.15) is 0 Å². The van der Waals surface area contributed by atoms with Crippen LogP contribution in [0.5, 0.6) is 0 Å². The highest BCUT2D eigenvalue weighted by molar-refractivity contribution is 7.14. The lowest BCUT2D eigenvalue weighted by atomic mass is 9.85. The fourth-order valence-corrected chi connectivity index (χ4v) is 5.28. The second-order valence-corrected chi connectivity index (χ2v) is 8.45. The first-order valence-corrected chi connectivity index (χ1v) is 10.4. The van der Waals surface area contributed by atoms with Crippen LogP contribution in [0.15, 0.2) is 36.4 Å². The Hall–Kier alpha value is -2.22. The van der Waals surface area contributed by atoms with Crippen LogP contribution in [-0.4, -0.2) is 48.1 Å². The van der Waals surface area contributed by atoms with Gasteiger partial charge in [0.25, 0.3) is 0 Å². The molecule has 3 heterocycles. The Morgan fingerprint density at radius 2 is 1.96 bits per heavy atom. The van der Waals surface area contributed by atoms with Gasteiger partial charge in [0.2, 0.25) is 5.91 Å². The van der Waals surface area contributed by atoms with Gasteiger partial charge in [0.15, 0.2) is 0 Å². The number of carboxylic acid groups (broad SMARTS) is 1. The van der Waals surface area contributed by atoms with E-state index in [2.05, 4.69) is 10.2 Å².